The zero-order valence-electron chi connectivity index (χ0n) is 10.8. The first-order chi connectivity index (χ1) is 10.3. The fourth-order valence-corrected chi connectivity index (χ4v) is 2.43. The van der Waals surface area contributed by atoms with Crippen LogP contribution in [0.5, 0.6) is 0 Å². The van der Waals surface area contributed by atoms with Crippen molar-refractivity contribution in [3.05, 3.63) is 54.6 Å². The van der Waals surface area contributed by atoms with Gasteiger partial charge >= 0.3 is 0 Å². The number of fused-ring (bicyclic) bond motifs is 2. The second kappa shape index (κ2) is 4.08. The molecule has 1 N–H and O–H groups in total. The van der Waals surface area contributed by atoms with Gasteiger partial charge in [0.25, 0.3) is 0 Å². The molecule has 0 amide bonds. The first-order valence-corrected chi connectivity index (χ1v) is 6.30. The molecule has 0 aliphatic carbocycles. The van der Waals surface area contributed by atoms with Crippen molar-refractivity contribution in [1.29, 1.82) is 5.26 Å². The maximum absolute atomic E-state index is 9.57. The number of aromatic nitrogens is 4. The molecule has 0 saturated carbocycles. The summed E-state index contributed by atoms with van der Waals surface area (Å²) < 4.78 is 2.91. The van der Waals surface area contributed by atoms with E-state index in [-0.39, 0.29) is 0 Å². The second-order valence-corrected chi connectivity index (χ2v) is 4.69. The fraction of sp³-hybridized carbons (Fsp3) is 0. The molecule has 2 aromatic heterocycles. The van der Waals surface area contributed by atoms with Crippen molar-refractivity contribution < 1.29 is 5.21 Å². The minimum atomic E-state index is 0.585. The third kappa shape index (κ3) is 1.65. The molecular formula is C15H9N5O. The molecule has 0 fully saturated rings. The van der Waals surface area contributed by atoms with Crippen LogP contribution in [0.25, 0.3) is 27.8 Å². The molecule has 6 nitrogen and oxygen atoms in total. The Bertz CT molecular complexity index is 1020. The molecule has 0 atom stereocenters. The van der Waals surface area contributed by atoms with Crippen molar-refractivity contribution in [2.45, 2.75) is 0 Å². The predicted molar refractivity (Wildman–Crippen MR) is 76.3 cm³/mol. The Labute approximate surface area is 119 Å². The Morgan fingerprint density at radius 1 is 0.952 bits per heavy atom. The minimum absolute atomic E-state index is 0.585. The van der Waals surface area contributed by atoms with Gasteiger partial charge in [0.05, 0.1) is 28.2 Å². The normalized spacial score (nSPS) is 11.0. The Hall–Kier alpha value is -3.33. The van der Waals surface area contributed by atoms with E-state index in [1.165, 1.54) is 6.33 Å². The zero-order valence-corrected chi connectivity index (χ0v) is 10.8. The van der Waals surface area contributed by atoms with Gasteiger partial charge in [0.15, 0.2) is 0 Å². The quantitative estimate of drug-likeness (QED) is 0.541. The summed E-state index contributed by atoms with van der Waals surface area (Å²) in [4.78, 5) is 8.46. The van der Waals surface area contributed by atoms with Crippen LogP contribution in [0.1, 0.15) is 5.56 Å². The molecule has 4 aromatic rings. The van der Waals surface area contributed by atoms with Crippen molar-refractivity contribution in [2.75, 3.05) is 0 Å². The topological polar surface area (TPSA) is 79.7 Å². The molecule has 6 heteroatoms. The van der Waals surface area contributed by atoms with E-state index in [1.54, 1.807) is 24.5 Å². The maximum Gasteiger partial charge on any atom is 0.133 e. The van der Waals surface area contributed by atoms with Crippen LogP contribution in [0.15, 0.2) is 49.1 Å². The smallest absolute Gasteiger partial charge is 0.133 e. The highest BCUT2D eigenvalue weighted by Crippen LogP contribution is 2.22. The summed E-state index contributed by atoms with van der Waals surface area (Å²) in [5.41, 5.74) is 4.51. The van der Waals surface area contributed by atoms with Gasteiger partial charge in [-0.2, -0.15) is 9.99 Å². The second-order valence-electron chi connectivity index (χ2n) is 4.69. The van der Waals surface area contributed by atoms with Crippen molar-refractivity contribution in [3.8, 4) is 11.8 Å². The lowest BCUT2D eigenvalue weighted by Crippen LogP contribution is -1.92. The predicted octanol–water partition coefficient (Wildman–Crippen LogP) is 2.48. The van der Waals surface area contributed by atoms with E-state index >= 15 is 0 Å². The number of rotatable bonds is 1. The lowest BCUT2D eigenvalue weighted by atomic mass is 10.2. The van der Waals surface area contributed by atoms with Crippen LogP contribution >= 0.6 is 0 Å². The van der Waals surface area contributed by atoms with E-state index < -0.39 is 0 Å². The number of hydrogen-bond donors (Lipinski definition) is 1. The standard InChI is InChI=1S/C15H9N5O/c16-7-10-1-3-14-12(5-10)17-8-19(14)11-2-4-15-13(6-11)18-9-20(15)21/h1-6,8-9,21H. The van der Waals surface area contributed by atoms with Crippen LogP contribution in [0, 0.1) is 11.3 Å². The molecule has 0 saturated heterocycles. The van der Waals surface area contributed by atoms with E-state index in [0.717, 1.165) is 21.5 Å². The maximum atomic E-state index is 9.57. The van der Waals surface area contributed by atoms with Crippen LogP contribution in [-0.4, -0.2) is 24.5 Å². The largest absolute Gasteiger partial charge is 0.427 e. The Morgan fingerprint density at radius 2 is 1.71 bits per heavy atom. The number of benzene rings is 2. The van der Waals surface area contributed by atoms with E-state index in [1.807, 2.05) is 22.8 Å². The summed E-state index contributed by atoms with van der Waals surface area (Å²) in [5.74, 6) is 0. The van der Waals surface area contributed by atoms with Crippen LogP contribution in [-0.2, 0) is 0 Å². The monoisotopic (exact) mass is 275 g/mol. The van der Waals surface area contributed by atoms with Gasteiger partial charge in [-0.1, -0.05) is 0 Å². The first kappa shape index (κ1) is 11.5. The fourth-order valence-electron chi connectivity index (χ4n) is 2.43. The third-order valence-corrected chi connectivity index (χ3v) is 3.47. The van der Waals surface area contributed by atoms with E-state index in [4.69, 9.17) is 5.26 Å². The summed E-state index contributed by atoms with van der Waals surface area (Å²) in [5, 5.41) is 18.5. The van der Waals surface area contributed by atoms with Gasteiger partial charge in [0, 0.05) is 5.69 Å². The SMILES string of the molecule is N#Cc1ccc2c(c1)ncn2-c1ccc2c(c1)ncn2O. The van der Waals surface area contributed by atoms with Crippen LogP contribution in [0.4, 0.5) is 0 Å². The molecule has 0 unspecified atom stereocenters. The molecule has 4 rings (SSSR count). The number of nitrogens with zero attached hydrogens (tertiary/aromatic N) is 5. The third-order valence-electron chi connectivity index (χ3n) is 3.47. The molecule has 0 spiro atoms. The first-order valence-electron chi connectivity index (χ1n) is 6.30. The molecule has 100 valence electrons. The molecule has 2 heterocycles. The highest BCUT2D eigenvalue weighted by molar-refractivity contribution is 5.82. The number of nitriles is 1. The lowest BCUT2D eigenvalue weighted by Gasteiger charge is -2.04. The molecule has 0 aliphatic rings. The highest BCUT2D eigenvalue weighted by atomic mass is 16.5. The summed E-state index contributed by atoms with van der Waals surface area (Å²) >= 11 is 0. The van der Waals surface area contributed by atoms with E-state index in [9.17, 15) is 5.21 Å². The summed E-state index contributed by atoms with van der Waals surface area (Å²) in [7, 11) is 0. The number of imidazole rings is 2. The average Bonchev–Trinajstić information content (AvgIpc) is 3.10. The van der Waals surface area contributed by atoms with Gasteiger partial charge in [0.1, 0.15) is 18.2 Å². The highest BCUT2D eigenvalue weighted by Gasteiger charge is 2.08. The van der Waals surface area contributed by atoms with Gasteiger partial charge in [-0.15, -0.1) is 0 Å². The van der Waals surface area contributed by atoms with Crippen molar-refractivity contribution >= 4 is 22.1 Å². The summed E-state index contributed by atoms with van der Waals surface area (Å²) in [6.07, 6.45) is 3.07. The van der Waals surface area contributed by atoms with Gasteiger partial charge < -0.3 is 5.21 Å². The van der Waals surface area contributed by atoms with Crippen molar-refractivity contribution in [1.82, 2.24) is 19.3 Å². The molecule has 0 bridgehead atoms. The molecule has 21 heavy (non-hydrogen) atoms. The van der Waals surface area contributed by atoms with E-state index in [0.29, 0.717) is 16.6 Å². The summed E-state index contributed by atoms with van der Waals surface area (Å²) in [6.45, 7) is 0. The van der Waals surface area contributed by atoms with Gasteiger partial charge in [-0.25, -0.2) is 9.97 Å². The number of hydrogen-bond acceptors (Lipinski definition) is 4. The van der Waals surface area contributed by atoms with Crippen molar-refractivity contribution in [3.63, 3.8) is 0 Å². The molecule has 0 aliphatic heterocycles. The Morgan fingerprint density at radius 3 is 2.57 bits per heavy atom. The van der Waals surface area contributed by atoms with Gasteiger partial charge in [0.2, 0.25) is 0 Å². The zero-order chi connectivity index (χ0) is 14.4. The van der Waals surface area contributed by atoms with Crippen LogP contribution < -0.4 is 0 Å². The minimum Gasteiger partial charge on any atom is -0.427 e. The van der Waals surface area contributed by atoms with Crippen LogP contribution in [0.2, 0.25) is 0 Å². The molecular weight excluding hydrogens is 266 g/mol. The van der Waals surface area contributed by atoms with E-state index in [2.05, 4.69) is 16.0 Å². The lowest BCUT2D eigenvalue weighted by molar-refractivity contribution is 0.198. The average molecular weight is 275 g/mol. The Balaban J connectivity index is 1.93. The van der Waals surface area contributed by atoms with Crippen LogP contribution in [0.3, 0.4) is 0 Å². The summed E-state index contributed by atoms with van der Waals surface area (Å²) in [6, 6.07) is 13.1. The molecule has 0 radical (unpaired) electrons. The van der Waals surface area contributed by atoms with Crippen molar-refractivity contribution in [2.24, 2.45) is 0 Å². The Kier molecular flexibility index (Phi) is 2.23. The molecule has 2 aromatic carbocycles. The van der Waals surface area contributed by atoms with Gasteiger partial charge in [-0.3, -0.25) is 4.57 Å². The van der Waals surface area contributed by atoms with Gasteiger partial charge in [-0.05, 0) is 36.4 Å².